The molecular weight excluding hydrogens is 436 g/mol. The van der Waals surface area contributed by atoms with Gasteiger partial charge < -0.3 is 9.88 Å². The number of nitrogens with zero attached hydrogens (tertiary/aromatic N) is 3. The summed E-state index contributed by atoms with van der Waals surface area (Å²) in [6.45, 7) is 3.12. The first-order valence-electron chi connectivity index (χ1n) is 11.6. The summed E-state index contributed by atoms with van der Waals surface area (Å²) in [5.74, 6) is 1.31. The molecule has 7 heteroatoms. The number of hydrogen-bond acceptors (Lipinski definition) is 3. The molecule has 3 heterocycles. The standard InChI is InChI=1S/C26H25ClN4O2/c1-15-11-22-21(29-25(32)23-13-28-24(31(22)23)16-5-2-3-6-16)12-19(15)26(33)30-10-9-18-17(14-30)7-4-8-20(18)27/h4,7-8,11-13,16H,2-3,5-6,9-10,14H2,1H3,(H,29,32). The normalized spacial score (nSPS) is 16.6. The van der Waals surface area contributed by atoms with Crippen LogP contribution < -0.4 is 5.56 Å². The molecular formula is C26H25ClN4O2. The lowest BCUT2D eigenvalue weighted by Gasteiger charge is -2.30. The zero-order valence-corrected chi connectivity index (χ0v) is 19.3. The summed E-state index contributed by atoms with van der Waals surface area (Å²) < 4.78 is 2.00. The molecule has 1 N–H and O–H groups in total. The molecule has 2 aliphatic rings. The average Bonchev–Trinajstić information content (AvgIpc) is 3.49. The second kappa shape index (κ2) is 7.73. The van der Waals surface area contributed by atoms with E-state index in [1.165, 1.54) is 12.8 Å². The molecule has 0 atom stereocenters. The Labute approximate surface area is 196 Å². The van der Waals surface area contributed by atoms with Crippen LogP contribution in [0.5, 0.6) is 0 Å². The zero-order chi connectivity index (χ0) is 22.7. The number of aromatic amines is 1. The van der Waals surface area contributed by atoms with E-state index < -0.39 is 0 Å². The molecule has 0 spiro atoms. The topological polar surface area (TPSA) is 70.5 Å². The number of imidazole rings is 1. The van der Waals surface area contributed by atoms with Crippen LogP contribution in [0, 0.1) is 6.92 Å². The predicted octanol–water partition coefficient (Wildman–Crippen LogP) is 4.99. The second-order valence-electron chi connectivity index (χ2n) is 9.31. The molecule has 0 radical (unpaired) electrons. The Bertz CT molecular complexity index is 1480. The van der Waals surface area contributed by atoms with Gasteiger partial charge in [-0.05, 0) is 61.1 Å². The first-order valence-corrected chi connectivity index (χ1v) is 12.0. The van der Waals surface area contributed by atoms with Crippen LogP contribution in [0.25, 0.3) is 16.6 Å². The quantitative estimate of drug-likeness (QED) is 0.458. The highest BCUT2D eigenvalue weighted by molar-refractivity contribution is 6.31. The summed E-state index contributed by atoms with van der Waals surface area (Å²) in [5.41, 5.74) is 5.68. The van der Waals surface area contributed by atoms with Crippen molar-refractivity contribution in [3.63, 3.8) is 0 Å². The van der Waals surface area contributed by atoms with Crippen molar-refractivity contribution in [1.29, 1.82) is 0 Å². The molecule has 0 bridgehead atoms. The molecule has 4 aromatic rings. The van der Waals surface area contributed by atoms with Gasteiger partial charge in [-0.2, -0.15) is 0 Å². The van der Waals surface area contributed by atoms with Crippen LogP contribution in [0.1, 0.15) is 64.5 Å². The molecule has 2 aromatic carbocycles. The van der Waals surface area contributed by atoms with Gasteiger partial charge in [0.15, 0.2) is 0 Å². The summed E-state index contributed by atoms with van der Waals surface area (Å²) in [5, 5.41) is 0.765. The summed E-state index contributed by atoms with van der Waals surface area (Å²) in [4.78, 5) is 35.8. The number of hydrogen-bond donors (Lipinski definition) is 1. The van der Waals surface area contributed by atoms with E-state index in [1.807, 2.05) is 46.6 Å². The van der Waals surface area contributed by atoms with E-state index in [4.69, 9.17) is 11.6 Å². The van der Waals surface area contributed by atoms with Crippen LogP contribution in [0.3, 0.4) is 0 Å². The number of carbonyl (C=O) groups is 1. The molecule has 1 aliphatic heterocycles. The molecule has 1 aliphatic carbocycles. The SMILES string of the molecule is Cc1cc2c(cc1C(=O)N1CCc3c(Cl)cccc3C1)[nH]c(=O)c1cnc(C3CCCC3)n12. The number of benzene rings is 2. The Morgan fingerprint density at radius 1 is 1.18 bits per heavy atom. The lowest BCUT2D eigenvalue weighted by Crippen LogP contribution is -2.36. The van der Waals surface area contributed by atoms with Crippen molar-refractivity contribution in [2.75, 3.05) is 6.54 Å². The second-order valence-corrected chi connectivity index (χ2v) is 9.72. The summed E-state index contributed by atoms with van der Waals surface area (Å²) >= 11 is 6.35. The number of aromatic nitrogens is 3. The van der Waals surface area contributed by atoms with Gasteiger partial charge in [0.1, 0.15) is 11.3 Å². The van der Waals surface area contributed by atoms with Gasteiger partial charge in [-0.15, -0.1) is 0 Å². The van der Waals surface area contributed by atoms with Crippen LogP contribution >= 0.6 is 11.6 Å². The Balaban J connectivity index is 1.43. The molecule has 1 amide bonds. The number of carbonyl (C=O) groups excluding carboxylic acids is 1. The Hall–Kier alpha value is -3.12. The number of rotatable bonds is 2. The van der Waals surface area contributed by atoms with Crippen LogP contribution in [0.4, 0.5) is 0 Å². The Kier molecular flexibility index (Phi) is 4.80. The van der Waals surface area contributed by atoms with E-state index in [0.29, 0.717) is 35.6 Å². The van der Waals surface area contributed by atoms with Crippen molar-refractivity contribution < 1.29 is 4.79 Å². The molecule has 2 aromatic heterocycles. The molecule has 0 saturated heterocycles. The smallest absolute Gasteiger partial charge is 0.274 e. The number of nitrogens with one attached hydrogen (secondary N) is 1. The minimum absolute atomic E-state index is 0.0254. The molecule has 1 fully saturated rings. The maximum absolute atomic E-state index is 13.5. The number of H-pyrrole nitrogens is 1. The van der Waals surface area contributed by atoms with Crippen LogP contribution in [-0.4, -0.2) is 31.7 Å². The van der Waals surface area contributed by atoms with Crippen LogP contribution in [0.2, 0.25) is 5.02 Å². The highest BCUT2D eigenvalue weighted by Gasteiger charge is 2.26. The van der Waals surface area contributed by atoms with Crippen LogP contribution in [0.15, 0.2) is 41.3 Å². The lowest BCUT2D eigenvalue weighted by atomic mass is 9.98. The maximum Gasteiger partial charge on any atom is 0.274 e. The Morgan fingerprint density at radius 2 is 2.00 bits per heavy atom. The van der Waals surface area contributed by atoms with Gasteiger partial charge in [-0.1, -0.05) is 36.6 Å². The fourth-order valence-corrected chi connectivity index (χ4v) is 5.84. The van der Waals surface area contributed by atoms with E-state index in [0.717, 1.165) is 52.3 Å². The summed E-state index contributed by atoms with van der Waals surface area (Å²) in [6, 6.07) is 9.71. The molecule has 6 nitrogen and oxygen atoms in total. The van der Waals surface area contributed by atoms with Gasteiger partial charge in [-0.25, -0.2) is 4.98 Å². The van der Waals surface area contributed by atoms with Gasteiger partial charge in [0, 0.05) is 29.6 Å². The van der Waals surface area contributed by atoms with E-state index in [9.17, 15) is 9.59 Å². The van der Waals surface area contributed by atoms with E-state index in [2.05, 4.69) is 9.97 Å². The first kappa shape index (κ1) is 20.5. The van der Waals surface area contributed by atoms with E-state index in [-0.39, 0.29) is 11.5 Å². The van der Waals surface area contributed by atoms with Gasteiger partial charge in [-0.3, -0.25) is 14.0 Å². The fraction of sp³-hybridized carbons (Fsp3) is 0.346. The maximum atomic E-state index is 13.5. The number of fused-ring (bicyclic) bond motifs is 4. The zero-order valence-electron chi connectivity index (χ0n) is 18.5. The van der Waals surface area contributed by atoms with Crippen LogP contribution in [-0.2, 0) is 13.0 Å². The monoisotopic (exact) mass is 460 g/mol. The lowest BCUT2D eigenvalue weighted by molar-refractivity contribution is 0.0734. The predicted molar refractivity (Wildman–Crippen MR) is 129 cm³/mol. The molecule has 0 unspecified atom stereocenters. The minimum atomic E-state index is -0.178. The van der Waals surface area contributed by atoms with E-state index in [1.54, 1.807) is 6.20 Å². The van der Waals surface area contributed by atoms with Crippen molar-refractivity contribution in [2.45, 2.75) is 51.5 Å². The van der Waals surface area contributed by atoms with Crippen molar-refractivity contribution in [3.8, 4) is 0 Å². The van der Waals surface area contributed by atoms with Gasteiger partial charge in [0.2, 0.25) is 0 Å². The minimum Gasteiger partial charge on any atom is -0.334 e. The molecule has 168 valence electrons. The van der Waals surface area contributed by atoms with Crippen molar-refractivity contribution in [1.82, 2.24) is 19.3 Å². The summed E-state index contributed by atoms with van der Waals surface area (Å²) in [6.07, 6.45) is 7.01. The number of aryl methyl sites for hydroxylation is 1. The highest BCUT2D eigenvalue weighted by Crippen LogP contribution is 2.34. The summed E-state index contributed by atoms with van der Waals surface area (Å²) in [7, 11) is 0. The molecule has 33 heavy (non-hydrogen) atoms. The van der Waals surface area contributed by atoms with Crippen molar-refractivity contribution >= 4 is 34.1 Å². The molecule has 1 saturated carbocycles. The highest BCUT2D eigenvalue weighted by atomic mass is 35.5. The van der Waals surface area contributed by atoms with Gasteiger partial charge in [0.05, 0.1) is 17.2 Å². The Morgan fingerprint density at radius 3 is 2.82 bits per heavy atom. The largest absolute Gasteiger partial charge is 0.334 e. The van der Waals surface area contributed by atoms with E-state index >= 15 is 0 Å². The van der Waals surface area contributed by atoms with Gasteiger partial charge >= 0.3 is 0 Å². The first-order chi connectivity index (χ1) is 16.0. The van der Waals surface area contributed by atoms with Crippen molar-refractivity contribution in [2.24, 2.45) is 0 Å². The third kappa shape index (κ3) is 3.27. The fourth-order valence-electron chi connectivity index (χ4n) is 5.55. The number of amides is 1. The number of halogens is 1. The average molecular weight is 461 g/mol. The third-order valence-corrected chi connectivity index (χ3v) is 7.65. The van der Waals surface area contributed by atoms with Crippen molar-refractivity contribution in [3.05, 3.63) is 80.0 Å². The van der Waals surface area contributed by atoms with Gasteiger partial charge in [0.25, 0.3) is 11.5 Å². The third-order valence-electron chi connectivity index (χ3n) is 7.30. The molecule has 6 rings (SSSR count).